The third kappa shape index (κ3) is 2.83. The average Bonchev–Trinajstić information content (AvgIpc) is 2.46. The third-order valence-electron chi connectivity index (χ3n) is 3.81. The van der Waals surface area contributed by atoms with Crippen molar-refractivity contribution in [2.24, 2.45) is 5.73 Å². The van der Waals surface area contributed by atoms with Gasteiger partial charge < -0.3 is 10.5 Å². The van der Waals surface area contributed by atoms with Gasteiger partial charge in [0.1, 0.15) is 12.4 Å². The van der Waals surface area contributed by atoms with Gasteiger partial charge in [-0.15, -0.1) is 0 Å². The maximum atomic E-state index is 6.17. The summed E-state index contributed by atoms with van der Waals surface area (Å²) in [6.45, 7) is 2.48. The Morgan fingerprint density at radius 3 is 3.05 bits per heavy atom. The minimum absolute atomic E-state index is 0.152. The Labute approximate surface area is 119 Å². The number of hydrogen-bond donors (Lipinski definition) is 1. The number of aryl methyl sites for hydroxylation is 2. The molecule has 0 saturated heterocycles. The first kappa shape index (κ1) is 13.1. The SMILES string of the molecule is Cc1cccc(COc2ccc3c(c2)C(N)CCC3)n1. The number of fused-ring (bicyclic) bond motifs is 1. The van der Waals surface area contributed by atoms with Crippen LogP contribution < -0.4 is 10.5 Å². The number of rotatable bonds is 3. The molecule has 1 atom stereocenters. The van der Waals surface area contributed by atoms with Crippen LogP contribution in [0.4, 0.5) is 0 Å². The van der Waals surface area contributed by atoms with Gasteiger partial charge in [0.05, 0.1) is 5.69 Å². The number of nitrogens with two attached hydrogens (primary N) is 1. The van der Waals surface area contributed by atoms with E-state index in [2.05, 4.69) is 17.1 Å². The Kier molecular flexibility index (Phi) is 3.70. The van der Waals surface area contributed by atoms with E-state index in [1.54, 1.807) is 0 Å². The highest BCUT2D eigenvalue weighted by Crippen LogP contribution is 2.31. The summed E-state index contributed by atoms with van der Waals surface area (Å²) in [5.41, 5.74) is 10.7. The number of aromatic nitrogens is 1. The molecule has 2 N–H and O–H groups in total. The van der Waals surface area contributed by atoms with Crippen LogP contribution in [-0.4, -0.2) is 4.98 Å². The van der Waals surface area contributed by atoms with Crippen LogP contribution in [-0.2, 0) is 13.0 Å². The smallest absolute Gasteiger partial charge is 0.130 e. The number of nitrogens with zero attached hydrogens (tertiary/aromatic N) is 1. The van der Waals surface area contributed by atoms with Gasteiger partial charge in [0, 0.05) is 11.7 Å². The molecule has 2 aromatic rings. The van der Waals surface area contributed by atoms with E-state index in [0.717, 1.165) is 30.0 Å². The van der Waals surface area contributed by atoms with E-state index < -0.39 is 0 Å². The monoisotopic (exact) mass is 268 g/mol. The maximum Gasteiger partial charge on any atom is 0.130 e. The van der Waals surface area contributed by atoms with Crippen LogP contribution in [0.2, 0.25) is 0 Å². The van der Waals surface area contributed by atoms with E-state index in [9.17, 15) is 0 Å². The fraction of sp³-hybridized carbons (Fsp3) is 0.353. The van der Waals surface area contributed by atoms with Gasteiger partial charge in [0.2, 0.25) is 0 Å². The first-order chi connectivity index (χ1) is 9.72. The zero-order valence-electron chi connectivity index (χ0n) is 11.8. The standard InChI is InChI=1S/C17H20N2O/c1-12-4-2-6-14(19-12)11-20-15-9-8-13-5-3-7-17(18)16(13)10-15/h2,4,6,8-10,17H,3,5,7,11,18H2,1H3. The van der Waals surface area contributed by atoms with Crippen molar-refractivity contribution in [2.45, 2.75) is 38.8 Å². The molecule has 20 heavy (non-hydrogen) atoms. The van der Waals surface area contributed by atoms with Crippen molar-refractivity contribution < 1.29 is 4.74 Å². The molecule has 0 aliphatic heterocycles. The van der Waals surface area contributed by atoms with Crippen LogP contribution in [0.25, 0.3) is 0 Å². The molecule has 1 unspecified atom stereocenters. The first-order valence-electron chi connectivity index (χ1n) is 7.16. The largest absolute Gasteiger partial charge is 0.487 e. The first-order valence-corrected chi connectivity index (χ1v) is 7.16. The summed E-state index contributed by atoms with van der Waals surface area (Å²) >= 11 is 0. The van der Waals surface area contributed by atoms with Crippen LogP contribution in [0.3, 0.4) is 0 Å². The van der Waals surface area contributed by atoms with Crippen molar-refractivity contribution >= 4 is 0 Å². The molecule has 1 aromatic heterocycles. The van der Waals surface area contributed by atoms with Gasteiger partial charge in [-0.1, -0.05) is 12.1 Å². The summed E-state index contributed by atoms with van der Waals surface area (Å²) in [6.07, 6.45) is 3.38. The van der Waals surface area contributed by atoms with E-state index in [1.165, 1.54) is 17.5 Å². The lowest BCUT2D eigenvalue weighted by molar-refractivity contribution is 0.300. The molecule has 3 rings (SSSR count). The fourth-order valence-corrected chi connectivity index (χ4v) is 2.74. The van der Waals surface area contributed by atoms with Crippen LogP contribution >= 0.6 is 0 Å². The minimum atomic E-state index is 0.152. The third-order valence-corrected chi connectivity index (χ3v) is 3.81. The fourth-order valence-electron chi connectivity index (χ4n) is 2.74. The predicted molar refractivity (Wildman–Crippen MR) is 79.6 cm³/mol. The van der Waals surface area contributed by atoms with Crippen molar-refractivity contribution in [3.8, 4) is 5.75 Å². The predicted octanol–water partition coefficient (Wildman–Crippen LogP) is 3.31. The summed E-state index contributed by atoms with van der Waals surface area (Å²) in [7, 11) is 0. The molecule has 3 nitrogen and oxygen atoms in total. The second kappa shape index (κ2) is 5.63. The number of pyridine rings is 1. The lowest BCUT2D eigenvalue weighted by Gasteiger charge is -2.22. The molecule has 0 saturated carbocycles. The molecule has 0 radical (unpaired) electrons. The van der Waals surface area contributed by atoms with Gasteiger partial charge in [-0.2, -0.15) is 0 Å². The molecule has 0 fully saturated rings. The van der Waals surface area contributed by atoms with E-state index in [1.807, 2.05) is 31.2 Å². The molecular weight excluding hydrogens is 248 g/mol. The van der Waals surface area contributed by atoms with Gasteiger partial charge in [0.25, 0.3) is 0 Å². The van der Waals surface area contributed by atoms with Gasteiger partial charge in [-0.3, -0.25) is 4.98 Å². The number of benzene rings is 1. The Hall–Kier alpha value is -1.87. The lowest BCUT2D eigenvalue weighted by atomic mass is 9.88. The van der Waals surface area contributed by atoms with E-state index in [-0.39, 0.29) is 6.04 Å². The van der Waals surface area contributed by atoms with Crippen LogP contribution in [0.5, 0.6) is 5.75 Å². The van der Waals surface area contributed by atoms with Crippen molar-refractivity contribution in [2.75, 3.05) is 0 Å². The van der Waals surface area contributed by atoms with Crippen molar-refractivity contribution in [3.05, 3.63) is 58.9 Å². The summed E-state index contributed by atoms with van der Waals surface area (Å²) < 4.78 is 5.84. The van der Waals surface area contributed by atoms with Crippen molar-refractivity contribution in [1.29, 1.82) is 0 Å². The summed E-state index contributed by atoms with van der Waals surface area (Å²) in [5.74, 6) is 0.879. The second-order valence-electron chi connectivity index (χ2n) is 5.42. The maximum absolute atomic E-state index is 6.17. The normalized spacial score (nSPS) is 17.6. The van der Waals surface area contributed by atoms with Gasteiger partial charge in [0.15, 0.2) is 0 Å². The Morgan fingerprint density at radius 1 is 1.30 bits per heavy atom. The van der Waals surface area contributed by atoms with Crippen LogP contribution in [0.1, 0.15) is 41.4 Å². The van der Waals surface area contributed by atoms with E-state index in [4.69, 9.17) is 10.5 Å². The number of ether oxygens (including phenoxy) is 1. The van der Waals surface area contributed by atoms with Gasteiger partial charge in [-0.25, -0.2) is 0 Å². The minimum Gasteiger partial charge on any atom is -0.487 e. The topological polar surface area (TPSA) is 48.1 Å². The second-order valence-corrected chi connectivity index (χ2v) is 5.42. The summed E-state index contributed by atoms with van der Waals surface area (Å²) in [5, 5.41) is 0. The lowest BCUT2D eigenvalue weighted by Crippen LogP contribution is -2.17. The Balaban J connectivity index is 1.73. The van der Waals surface area contributed by atoms with Gasteiger partial charge >= 0.3 is 0 Å². The highest BCUT2D eigenvalue weighted by molar-refractivity contribution is 5.39. The average molecular weight is 268 g/mol. The zero-order valence-corrected chi connectivity index (χ0v) is 11.8. The van der Waals surface area contributed by atoms with Crippen LogP contribution in [0, 0.1) is 6.92 Å². The molecule has 0 bridgehead atoms. The summed E-state index contributed by atoms with van der Waals surface area (Å²) in [4.78, 5) is 4.44. The zero-order chi connectivity index (χ0) is 13.9. The van der Waals surface area contributed by atoms with E-state index >= 15 is 0 Å². The Bertz CT molecular complexity index is 610. The quantitative estimate of drug-likeness (QED) is 0.929. The Morgan fingerprint density at radius 2 is 2.20 bits per heavy atom. The molecule has 0 amide bonds. The molecule has 1 aliphatic rings. The number of hydrogen-bond acceptors (Lipinski definition) is 3. The molecule has 1 aromatic carbocycles. The highest BCUT2D eigenvalue weighted by Gasteiger charge is 2.17. The molecule has 3 heteroatoms. The molecule has 0 spiro atoms. The highest BCUT2D eigenvalue weighted by atomic mass is 16.5. The van der Waals surface area contributed by atoms with Crippen molar-refractivity contribution in [3.63, 3.8) is 0 Å². The molecule has 104 valence electrons. The molecule has 1 heterocycles. The molecule has 1 aliphatic carbocycles. The van der Waals surface area contributed by atoms with Gasteiger partial charge in [-0.05, 0) is 61.6 Å². The van der Waals surface area contributed by atoms with E-state index in [0.29, 0.717) is 6.61 Å². The summed E-state index contributed by atoms with van der Waals surface area (Å²) in [6, 6.07) is 12.4. The van der Waals surface area contributed by atoms with Crippen LogP contribution in [0.15, 0.2) is 36.4 Å². The molecular formula is C17H20N2O. The van der Waals surface area contributed by atoms with Crippen molar-refractivity contribution in [1.82, 2.24) is 4.98 Å².